The monoisotopic (exact) mass is 397 g/mol. The Labute approximate surface area is 137 Å². The standard InChI is InChI=1S/C17H17FINO/c1-21-13-6-7-14-11(9-13)3-2-4-16(14)20-17-8-5-12(18)10-15(17)19/h5-10,16,20H,2-4H2,1H3. The van der Waals surface area contributed by atoms with Gasteiger partial charge in [-0.1, -0.05) is 6.07 Å². The summed E-state index contributed by atoms with van der Waals surface area (Å²) in [6.45, 7) is 0. The predicted octanol–water partition coefficient (Wildman–Crippen LogP) is 4.93. The summed E-state index contributed by atoms with van der Waals surface area (Å²) >= 11 is 2.17. The predicted molar refractivity (Wildman–Crippen MR) is 91.4 cm³/mol. The molecule has 1 unspecified atom stereocenters. The van der Waals surface area contributed by atoms with Crippen molar-refractivity contribution >= 4 is 28.3 Å². The molecule has 4 heteroatoms. The van der Waals surface area contributed by atoms with Crippen LogP contribution in [0.5, 0.6) is 5.75 Å². The van der Waals surface area contributed by atoms with Gasteiger partial charge in [-0.05, 0) is 83.3 Å². The van der Waals surface area contributed by atoms with Crippen LogP contribution >= 0.6 is 22.6 Å². The molecule has 0 saturated carbocycles. The Morgan fingerprint density at radius 1 is 1.24 bits per heavy atom. The van der Waals surface area contributed by atoms with Crippen LogP contribution < -0.4 is 10.1 Å². The zero-order valence-corrected chi connectivity index (χ0v) is 14.0. The first-order valence-electron chi connectivity index (χ1n) is 7.06. The molecule has 2 nitrogen and oxygen atoms in total. The molecular weight excluding hydrogens is 380 g/mol. The maximum atomic E-state index is 13.2. The van der Waals surface area contributed by atoms with Gasteiger partial charge < -0.3 is 10.1 Å². The number of benzene rings is 2. The summed E-state index contributed by atoms with van der Waals surface area (Å²) in [4.78, 5) is 0. The molecule has 2 aromatic rings. The summed E-state index contributed by atoms with van der Waals surface area (Å²) in [7, 11) is 1.70. The van der Waals surface area contributed by atoms with Crippen molar-refractivity contribution in [1.82, 2.24) is 0 Å². The normalized spacial score (nSPS) is 17.2. The van der Waals surface area contributed by atoms with E-state index in [9.17, 15) is 4.39 Å². The Morgan fingerprint density at radius 2 is 2.10 bits per heavy atom. The van der Waals surface area contributed by atoms with Crippen molar-refractivity contribution in [3.8, 4) is 5.75 Å². The number of aryl methyl sites for hydroxylation is 1. The van der Waals surface area contributed by atoms with Gasteiger partial charge in [0.05, 0.1) is 13.2 Å². The van der Waals surface area contributed by atoms with Gasteiger partial charge in [-0.25, -0.2) is 4.39 Å². The van der Waals surface area contributed by atoms with E-state index in [1.165, 1.54) is 17.2 Å². The third-order valence-corrected chi connectivity index (χ3v) is 4.82. The number of hydrogen-bond acceptors (Lipinski definition) is 2. The molecule has 0 fully saturated rings. The first kappa shape index (κ1) is 14.6. The van der Waals surface area contributed by atoms with Crippen LogP contribution in [0.1, 0.15) is 30.0 Å². The van der Waals surface area contributed by atoms with Gasteiger partial charge in [-0.2, -0.15) is 0 Å². The third-order valence-electron chi connectivity index (χ3n) is 3.93. The fraction of sp³-hybridized carbons (Fsp3) is 0.294. The van der Waals surface area contributed by atoms with Gasteiger partial charge in [0, 0.05) is 9.26 Å². The largest absolute Gasteiger partial charge is 0.497 e. The summed E-state index contributed by atoms with van der Waals surface area (Å²) in [5.41, 5.74) is 3.66. The summed E-state index contributed by atoms with van der Waals surface area (Å²) in [6, 6.07) is 11.4. The van der Waals surface area contributed by atoms with E-state index in [1.54, 1.807) is 13.2 Å². The van der Waals surface area contributed by atoms with Gasteiger partial charge in [0.2, 0.25) is 0 Å². The molecule has 0 aliphatic heterocycles. The lowest BCUT2D eigenvalue weighted by molar-refractivity contribution is 0.413. The topological polar surface area (TPSA) is 21.3 Å². The van der Waals surface area contributed by atoms with Crippen LogP contribution in [0.3, 0.4) is 0 Å². The van der Waals surface area contributed by atoms with Crippen LogP contribution in [-0.2, 0) is 6.42 Å². The quantitative estimate of drug-likeness (QED) is 0.742. The summed E-state index contributed by atoms with van der Waals surface area (Å²) < 4.78 is 19.4. The lowest BCUT2D eigenvalue weighted by Crippen LogP contribution is -2.18. The Hall–Kier alpha value is -1.30. The van der Waals surface area contributed by atoms with Crippen LogP contribution in [0, 0.1) is 9.39 Å². The molecule has 0 amide bonds. The number of fused-ring (bicyclic) bond motifs is 1. The lowest BCUT2D eigenvalue weighted by atomic mass is 9.87. The van der Waals surface area contributed by atoms with Gasteiger partial charge in [0.1, 0.15) is 11.6 Å². The molecule has 0 radical (unpaired) electrons. The average molecular weight is 397 g/mol. The molecule has 1 atom stereocenters. The third kappa shape index (κ3) is 3.15. The van der Waals surface area contributed by atoms with E-state index in [0.29, 0.717) is 0 Å². The minimum Gasteiger partial charge on any atom is -0.497 e. The lowest BCUT2D eigenvalue weighted by Gasteiger charge is -2.28. The molecular formula is C17H17FINO. The van der Waals surface area contributed by atoms with Gasteiger partial charge in [-0.15, -0.1) is 0 Å². The molecule has 0 aromatic heterocycles. The van der Waals surface area contributed by atoms with E-state index in [4.69, 9.17) is 4.74 Å². The second-order valence-electron chi connectivity index (χ2n) is 5.28. The van der Waals surface area contributed by atoms with Crippen molar-refractivity contribution in [2.45, 2.75) is 25.3 Å². The Kier molecular flexibility index (Phi) is 4.33. The second kappa shape index (κ2) is 6.22. The summed E-state index contributed by atoms with van der Waals surface area (Å²) in [5.74, 6) is 0.712. The van der Waals surface area contributed by atoms with Gasteiger partial charge in [0.25, 0.3) is 0 Å². The molecule has 0 bridgehead atoms. The molecule has 2 aromatic carbocycles. The Balaban J connectivity index is 1.88. The van der Waals surface area contributed by atoms with Crippen LogP contribution in [-0.4, -0.2) is 7.11 Å². The van der Waals surface area contributed by atoms with Crippen molar-refractivity contribution in [3.63, 3.8) is 0 Å². The number of ether oxygens (including phenoxy) is 1. The molecule has 3 rings (SSSR count). The minimum absolute atomic E-state index is 0.196. The highest BCUT2D eigenvalue weighted by atomic mass is 127. The molecule has 0 saturated heterocycles. The number of anilines is 1. The highest BCUT2D eigenvalue weighted by Crippen LogP contribution is 2.35. The fourth-order valence-corrected chi connectivity index (χ4v) is 3.49. The van der Waals surface area contributed by atoms with Crippen molar-refractivity contribution in [1.29, 1.82) is 0 Å². The summed E-state index contributed by atoms with van der Waals surface area (Å²) in [5, 5.41) is 3.56. The van der Waals surface area contributed by atoms with Crippen molar-refractivity contribution in [2.75, 3.05) is 12.4 Å². The van der Waals surface area contributed by atoms with Gasteiger partial charge in [0.15, 0.2) is 0 Å². The van der Waals surface area contributed by atoms with E-state index in [2.05, 4.69) is 40.0 Å². The van der Waals surface area contributed by atoms with E-state index in [1.807, 2.05) is 12.1 Å². The summed E-state index contributed by atoms with van der Waals surface area (Å²) in [6.07, 6.45) is 3.33. The van der Waals surface area contributed by atoms with E-state index in [-0.39, 0.29) is 11.9 Å². The maximum Gasteiger partial charge on any atom is 0.124 e. The second-order valence-corrected chi connectivity index (χ2v) is 6.44. The number of halogens is 2. The van der Waals surface area contributed by atoms with Crippen molar-refractivity contribution in [2.24, 2.45) is 0 Å². The fourth-order valence-electron chi connectivity index (χ4n) is 2.86. The van der Waals surface area contributed by atoms with Gasteiger partial charge in [-0.3, -0.25) is 0 Å². The Morgan fingerprint density at radius 3 is 2.86 bits per heavy atom. The van der Waals surface area contributed by atoms with E-state index < -0.39 is 0 Å². The minimum atomic E-state index is -0.196. The van der Waals surface area contributed by atoms with Gasteiger partial charge >= 0.3 is 0 Å². The molecule has 21 heavy (non-hydrogen) atoms. The number of rotatable bonds is 3. The first-order chi connectivity index (χ1) is 10.2. The van der Waals surface area contributed by atoms with Crippen molar-refractivity contribution < 1.29 is 9.13 Å². The smallest absolute Gasteiger partial charge is 0.124 e. The number of nitrogens with one attached hydrogen (secondary N) is 1. The molecule has 1 aliphatic carbocycles. The van der Waals surface area contributed by atoms with Crippen LogP contribution in [0.25, 0.3) is 0 Å². The maximum absolute atomic E-state index is 13.2. The van der Waals surface area contributed by atoms with Crippen LogP contribution in [0.2, 0.25) is 0 Å². The molecule has 1 N–H and O–H groups in total. The van der Waals surface area contributed by atoms with E-state index in [0.717, 1.165) is 34.3 Å². The van der Waals surface area contributed by atoms with Crippen molar-refractivity contribution in [3.05, 3.63) is 56.9 Å². The zero-order chi connectivity index (χ0) is 14.8. The first-order valence-corrected chi connectivity index (χ1v) is 8.13. The number of hydrogen-bond donors (Lipinski definition) is 1. The zero-order valence-electron chi connectivity index (χ0n) is 11.8. The van der Waals surface area contributed by atoms with Crippen LogP contribution in [0.4, 0.5) is 10.1 Å². The van der Waals surface area contributed by atoms with Crippen LogP contribution in [0.15, 0.2) is 36.4 Å². The molecule has 110 valence electrons. The highest BCUT2D eigenvalue weighted by molar-refractivity contribution is 14.1. The number of methoxy groups -OCH3 is 1. The molecule has 0 spiro atoms. The molecule has 1 aliphatic rings. The average Bonchev–Trinajstić information content (AvgIpc) is 2.49. The molecule has 0 heterocycles. The van der Waals surface area contributed by atoms with E-state index >= 15 is 0 Å². The Bertz CT molecular complexity index is 659. The SMILES string of the molecule is COc1ccc2c(c1)CCCC2Nc1ccc(F)cc1I. The highest BCUT2D eigenvalue weighted by Gasteiger charge is 2.21.